The maximum Gasteiger partial charge on any atom is 0.136 e. The zero-order valence-electron chi connectivity index (χ0n) is 31.2. The molecule has 0 atom stereocenters. The molecule has 58 heavy (non-hydrogen) atoms. The fraction of sp³-hybridized carbons (Fsp3) is 0. The van der Waals surface area contributed by atoms with E-state index in [0.29, 0.717) is 0 Å². The zero-order valence-corrected chi connectivity index (χ0v) is 32.9. The van der Waals surface area contributed by atoms with E-state index >= 15 is 0 Å². The van der Waals surface area contributed by atoms with Gasteiger partial charge < -0.3 is 9.32 Å². The first-order valence-electron chi connectivity index (χ1n) is 19.6. The fourth-order valence-electron chi connectivity index (χ4n) is 8.69. The van der Waals surface area contributed by atoms with E-state index in [1.807, 2.05) is 34.8 Å². The maximum atomic E-state index is 6.27. The van der Waals surface area contributed by atoms with Crippen molar-refractivity contribution >= 4 is 102 Å². The molecule has 0 amide bonds. The third kappa shape index (κ3) is 5.37. The number of hydrogen-bond acceptors (Lipinski definition) is 4. The van der Waals surface area contributed by atoms with Crippen molar-refractivity contribution in [3.63, 3.8) is 0 Å². The van der Waals surface area contributed by atoms with Gasteiger partial charge >= 0.3 is 0 Å². The lowest BCUT2D eigenvalue weighted by molar-refractivity contribution is 0.669. The molecule has 3 heterocycles. The molecule has 0 radical (unpaired) electrons. The fourth-order valence-corrected chi connectivity index (χ4v) is 11.1. The molecule has 0 saturated heterocycles. The SMILES string of the molecule is c1ccc(-c2ccc(N(c3ccc(-c4ccc5c(c4)oc4ccccc45)cc3)c3ccc(-c4ccc5c(c4)sc4ccccc45)cc3)c3sc4ccccc4c23)cc1. The van der Waals surface area contributed by atoms with Gasteiger partial charge in [0.1, 0.15) is 11.2 Å². The lowest BCUT2D eigenvalue weighted by atomic mass is 9.98. The normalized spacial score (nSPS) is 11.8. The lowest BCUT2D eigenvalue weighted by Crippen LogP contribution is -2.10. The maximum absolute atomic E-state index is 6.27. The van der Waals surface area contributed by atoms with Crippen molar-refractivity contribution in [1.82, 2.24) is 0 Å². The molecule has 0 N–H and O–H groups in total. The van der Waals surface area contributed by atoms with Crippen LogP contribution in [0.2, 0.25) is 0 Å². The van der Waals surface area contributed by atoms with E-state index in [0.717, 1.165) is 50.1 Å². The minimum Gasteiger partial charge on any atom is -0.456 e. The van der Waals surface area contributed by atoms with E-state index in [1.54, 1.807) is 0 Å². The minimum absolute atomic E-state index is 0.904. The Bertz CT molecular complexity index is 3340. The average Bonchev–Trinajstić information content (AvgIpc) is 3.98. The molecule has 0 aliphatic heterocycles. The summed E-state index contributed by atoms with van der Waals surface area (Å²) >= 11 is 3.73. The molecule has 272 valence electrons. The molecule has 12 rings (SSSR count). The van der Waals surface area contributed by atoms with Gasteiger partial charge in [0.2, 0.25) is 0 Å². The number of hydrogen-bond donors (Lipinski definition) is 0. The molecule has 12 aromatic rings. The van der Waals surface area contributed by atoms with Crippen LogP contribution in [-0.4, -0.2) is 0 Å². The second-order valence-electron chi connectivity index (χ2n) is 14.8. The number of thiophene rings is 2. The largest absolute Gasteiger partial charge is 0.456 e. The van der Waals surface area contributed by atoms with Crippen LogP contribution in [0.3, 0.4) is 0 Å². The Morgan fingerprint density at radius 1 is 0.345 bits per heavy atom. The molecule has 0 saturated carbocycles. The molecule has 0 aliphatic rings. The molecule has 4 heteroatoms. The molecular formula is C54H33NOS2. The average molecular weight is 776 g/mol. The molecule has 0 fully saturated rings. The van der Waals surface area contributed by atoms with Gasteiger partial charge in [-0.2, -0.15) is 0 Å². The summed E-state index contributed by atoms with van der Waals surface area (Å²) in [4.78, 5) is 2.43. The van der Waals surface area contributed by atoms with Crippen LogP contribution in [0.4, 0.5) is 17.1 Å². The quantitative estimate of drug-likeness (QED) is 0.167. The van der Waals surface area contributed by atoms with Crippen molar-refractivity contribution in [3.05, 3.63) is 200 Å². The number of rotatable bonds is 6. The van der Waals surface area contributed by atoms with Gasteiger partial charge in [0.15, 0.2) is 0 Å². The van der Waals surface area contributed by atoms with Gasteiger partial charge in [0.05, 0.1) is 10.4 Å². The summed E-state index contributed by atoms with van der Waals surface area (Å²) < 4.78 is 11.5. The Balaban J connectivity index is 1.00. The number of nitrogens with zero attached hydrogens (tertiary/aromatic N) is 1. The molecule has 9 aromatic carbocycles. The van der Waals surface area contributed by atoms with Crippen LogP contribution in [0.15, 0.2) is 205 Å². The highest BCUT2D eigenvalue weighted by atomic mass is 32.1. The van der Waals surface area contributed by atoms with Crippen molar-refractivity contribution in [2.45, 2.75) is 0 Å². The van der Waals surface area contributed by atoms with Gasteiger partial charge in [-0.15, -0.1) is 22.7 Å². The minimum atomic E-state index is 0.904. The lowest BCUT2D eigenvalue weighted by Gasteiger charge is -2.27. The second-order valence-corrected chi connectivity index (χ2v) is 17.0. The third-order valence-electron chi connectivity index (χ3n) is 11.5. The molecule has 2 nitrogen and oxygen atoms in total. The molecular weight excluding hydrogens is 743 g/mol. The van der Waals surface area contributed by atoms with Crippen LogP contribution >= 0.6 is 22.7 Å². The van der Waals surface area contributed by atoms with Crippen molar-refractivity contribution in [3.8, 4) is 33.4 Å². The molecule has 3 aromatic heterocycles. The highest BCUT2D eigenvalue weighted by Crippen LogP contribution is 2.49. The Labute approximate surface area is 343 Å². The van der Waals surface area contributed by atoms with Gasteiger partial charge in [-0.3, -0.25) is 0 Å². The van der Waals surface area contributed by atoms with Gasteiger partial charge in [-0.1, -0.05) is 133 Å². The van der Waals surface area contributed by atoms with E-state index in [-0.39, 0.29) is 0 Å². The first-order chi connectivity index (χ1) is 28.7. The summed E-state index contributed by atoms with van der Waals surface area (Å²) in [5.41, 5.74) is 12.3. The summed E-state index contributed by atoms with van der Waals surface area (Å²) in [5.74, 6) is 0. The second kappa shape index (κ2) is 13.3. The van der Waals surface area contributed by atoms with E-state index in [1.165, 1.54) is 62.6 Å². The first kappa shape index (κ1) is 33.2. The number of fused-ring (bicyclic) bond motifs is 9. The van der Waals surface area contributed by atoms with Crippen molar-refractivity contribution < 1.29 is 4.42 Å². The molecule has 0 spiro atoms. The van der Waals surface area contributed by atoms with Gasteiger partial charge in [-0.25, -0.2) is 0 Å². The van der Waals surface area contributed by atoms with Gasteiger partial charge in [-0.05, 0) is 100 Å². The number of benzene rings is 9. The Morgan fingerprint density at radius 3 is 1.64 bits per heavy atom. The van der Waals surface area contributed by atoms with E-state index in [4.69, 9.17) is 4.42 Å². The summed E-state index contributed by atoms with van der Waals surface area (Å²) in [6.07, 6.45) is 0. The molecule has 0 unspecified atom stereocenters. The van der Waals surface area contributed by atoms with Crippen LogP contribution in [0.5, 0.6) is 0 Å². The van der Waals surface area contributed by atoms with Crippen molar-refractivity contribution in [2.75, 3.05) is 4.90 Å². The Hall–Kier alpha value is -6.98. The number of para-hydroxylation sites is 1. The standard InChI is InChI=1S/C54H33NOS2/c1-2-10-36(11-3-1)41-30-31-47(54-53(41)46-14-6-9-17-51(46)58-54)55(39-24-18-34(19-25-39)37-22-28-43-42-12-4-7-15-48(42)56-49(43)32-37)40-26-20-35(21-27-40)38-23-29-45-44-13-5-8-16-50(44)57-52(45)33-38/h1-33H. The summed E-state index contributed by atoms with van der Waals surface area (Å²) in [6, 6.07) is 72.7. The smallest absolute Gasteiger partial charge is 0.136 e. The predicted molar refractivity (Wildman–Crippen MR) is 250 cm³/mol. The van der Waals surface area contributed by atoms with Crippen LogP contribution < -0.4 is 4.90 Å². The van der Waals surface area contributed by atoms with E-state index in [2.05, 4.69) is 193 Å². The number of anilines is 3. The Morgan fingerprint density at radius 2 is 0.897 bits per heavy atom. The number of furan rings is 1. The predicted octanol–water partition coefficient (Wildman–Crippen LogP) is 16.8. The third-order valence-corrected chi connectivity index (χ3v) is 13.8. The highest BCUT2D eigenvalue weighted by Gasteiger charge is 2.21. The Kier molecular flexibility index (Phi) is 7.62. The summed E-state index contributed by atoms with van der Waals surface area (Å²) in [5, 5.41) is 7.50. The van der Waals surface area contributed by atoms with Crippen LogP contribution in [0.1, 0.15) is 0 Å². The van der Waals surface area contributed by atoms with Crippen molar-refractivity contribution in [2.24, 2.45) is 0 Å². The summed E-state index contributed by atoms with van der Waals surface area (Å²) in [6.45, 7) is 0. The van der Waals surface area contributed by atoms with Crippen molar-refractivity contribution in [1.29, 1.82) is 0 Å². The topological polar surface area (TPSA) is 16.4 Å². The van der Waals surface area contributed by atoms with Crippen LogP contribution in [0.25, 0.3) is 95.7 Å². The van der Waals surface area contributed by atoms with Crippen LogP contribution in [-0.2, 0) is 0 Å². The van der Waals surface area contributed by atoms with Crippen LogP contribution in [0, 0.1) is 0 Å². The van der Waals surface area contributed by atoms with E-state index < -0.39 is 0 Å². The van der Waals surface area contributed by atoms with E-state index in [9.17, 15) is 0 Å². The first-order valence-corrected chi connectivity index (χ1v) is 21.2. The molecule has 0 bridgehead atoms. The van der Waals surface area contributed by atoms with Gasteiger partial charge in [0.25, 0.3) is 0 Å². The summed E-state index contributed by atoms with van der Waals surface area (Å²) in [7, 11) is 0. The zero-order chi connectivity index (χ0) is 38.2. The van der Waals surface area contributed by atoms with Gasteiger partial charge in [0, 0.05) is 57.8 Å². The molecule has 0 aliphatic carbocycles. The monoisotopic (exact) mass is 775 g/mol. The highest BCUT2D eigenvalue weighted by molar-refractivity contribution is 7.26.